The highest BCUT2D eigenvalue weighted by Crippen LogP contribution is 2.55. The zero-order valence-electron chi connectivity index (χ0n) is 57.4. The molecule has 0 amide bonds. The maximum Gasteiger partial charge on any atom is 0.252 e. The Bertz CT molecular complexity index is 4670. The van der Waals surface area contributed by atoms with E-state index in [1.54, 1.807) is 0 Å². The number of para-hydroxylation sites is 4. The van der Waals surface area contributed by atoms with Gasteiger partial charge in [0.1, 0.15) is 0 Å². The second-order valence-electron chi connectivity index (χ2n) is 31.4. The molecule has 6 aliphatic rings. The Hall–Kier alpha value is -9.25. The van der Waals surface area contributed by atoms with Gasteiger partial charge in [0.2, 0.25) is 0 Å². The van der Waals surface area contributed by atoms with Crippen LogP contribution in [0.15, 0.2) is 206 Å². The van der Waals surface area contributed by atoms with Gasteiger partial charge in [-0.2, -0.15) is 0 Å². The Kier molecular flexibility index (Phi) is 12.8. The van der Waals surface area contributed by atoms with Crippen LogP contribution in [0.2, 0.25) is 0 Å². The highest BCUT2D eigenvalue weighted by Gasteiger charge is 2.50. The lowest BCUT2D eigenvalue weighted by molar-refractivity contribution is 0.332. The first kappa shape index (κ1) is 58.6. The SMILES string of the molecule is Cc1cc(C)c(-c2cc3c4c(c2)N(c2ccccc2)c2cc5c(cc2B4c2ccccc2N3c2ccc3c(c2)C(C)(C)CCC3(C)C)B2c3ccccc3N(c3ccc4c(c3)C(C)(C)CCC4(C)C)c3cc(-c4c(C)cc(C)cc4C)cc(c32)N5c2ccccc2)c(C)c1. The highest BCUT2D eigenvalue weighted by atomic mass is 15.2. The van der Waals surface area contributed by atoms with Crippen molar-refractivity contribution >= 4 is 114 Å². The van der Waals surface area contributed by atoms with Crippen molar-refractivity contribution in [3.63, 3.8) is 0 Å². The van der Waals surface area contributed by atoms with Crippen molar-refractivity contribution in [2.24, 2.45) is 0 Å². The molecule has 4 nitrogen and oxygen atoms in total. The summed E-state index contributed by atoms with van der Waals surface area (Å²) in [5.41, 5.74) is 41.2. The number of benzene rings is 11. The molecular formula is C88H84B2N4. The summed E-state index contributed by atoms with van der Waals surface area (Å²) in [4.78, 5) is 10.6. The quantitative estimate of drug-likeness (QED) is 0.154. The maximum absolute atomic E-state index is 2.70. The lowest BCUT2D eigenvalue weighted by atomic mass is 9.30. The van der Waals surface area contributed by atoms with E-state index in [4.69, 9.17) is 0 Å². The van der Waals surface area contributed by atoms with Gasteiger partial charge in [0.25, 0.3) is 13.4 Å². The minimum absolute atomic E-state index is 0.0217. The Labute approximate surface area is 559 Å². The number of anilines is 12. The van der Waals surface area contributed by atoms with Crippen LogP contribution >= 0.6 is 0 Å². The Balaban J connectivity index is 0.985. The molecule has 0 aromatic heterocycles. The van der Waals surface area contributed by atoms with Crippen LogP contribution in [-0.2, 0) is 21.7 Å². The topological polar surface area (TPSA) is 13.0 Å². The van der Waals surface area contributed by atoms with Crippen LogP contribution in [0.4, 0.5) is 68.2 Å². The van der Waals surface area contributed by atoms with Gasteiger partial charge in [-0.3, -0.25) is 0 Å². The van der Waals surface area contributed by atoms with Gasteiger partial charge in [0.05, 0.1) is 0 Å². The largest absolute Gasteiger partial charge is 0.311 e. The zero-order valence-corrected chi connectivity index (χ0v) is 57.4. The van der Waals surface area contributed by atoms with Gasteiger partial charge in [-0.15, -0.1) is 0 Å². The molecule has 17 rings (SSSR count). The van der Waals surface area contributed by atoms with E-state index in [0.717, 1.165) is 24.2 Å². The third-order valence-corrected chi connectivity index (χ3v) is 23.2. The normalized spacial score (nSPS) is 16.9. The maximum atomic E-state index is 2.70. The van der Waals surface area contributed by atoms with Crippen molar-refractivity contribution in [3.8, 4) is 22.3 Å². The molecule has 2 aliphatic carbocycles. The molecule has 4 aliphatic heterocycles. The number of hydrogen-bond donors (Lipinski definition) is 0. The fraction of sp³-hybridized carbons (Fsp3) is 0.250. The summed E-state index contributed by atoms with van der Waals surface area (Å²) in [7, 11) is 0. The average Bonchev–Trinajstić information content (AvgIpc) is 0.683. The van der Waals surface area contributed by atoms with Gasteiger partial charge in [-0.1, -0.05) is 182 Å². The minimum Gasteiger partial charge on any atom is -0.311 e. The van der Waals surface area contributed by atoms with E-state index in [1.165, 1.54) is 180 Å². The molecule has 0 radical (unpaired) electrons. The molecule has 94 heavy (non-hydrogen) atoms. The van der Waals surface area contributed by atoms with Gasteiger partial charge in [-0.25, -0.2) is 0 Å². The van der Waals surface area contributed by atoms with E-state index >= 15 is 0 Å². The molecule has 0 saturated heterocycles. The van der Waals surface area contributed by atoms with Crippen LogP contribution in [0.5, 0.6) is 0 Å². The summed E-state index contributed by atoms with van der Waals surface area (Å²) >= 11 is 0. The first-order valence-corrected chi connectivity index (χ1v) is 34.6. The van der Waals surface area contributed by atoms with E-state index in [0.29, 0.717) is 0 Å². The summed E-state index contributed by atoms with van der Waals surface area (Å²) in [5.74, 6) is 0. The highest BCUT2D eigenvalue weighted by molar-refractivity contribution is 7.03. The molecular weight excluding hydrogens is 1130 g/mol. The van der Waals surface area contributed by atoms with Crippen LogP contribution in [0.25, 0.3) is 22.3 Å². The molecule has 0 fully saturated rings. The van der Waals surface area contributed by atoms with E-state index in [1.807, 2.05) is 0 Å². The second kappa shape index (κ2) is 20.6. The number of nitrogens with zero attached hydrogens (tertiary/aromatic N) is 4. The van der Waals surface area contributed by atoms with Gasteiger partial charge in [0.15, 0.2) is 0 Å². The van der Waals surface area contributed by atoms with Crippen molar-refractivity contribution in [2.45, 2.75) is 144 Å². The fourth-order valence-electron chi connectivity index (χ4n) is 18.6. The monoisotopic (exact) mass is 1220 g/mol. The molecule has 11 aromatic rings. The van der Waals surface area contributed by atoms with Gasteiger partial charge in [-0.05, 0) is 279 Å². The first-order chi connectivity index (χ1) is 45.1. The predicted molar refractivity (Wildman–Crippen MR) is 404 cm³/mol. The molecule has 0 N–H and O–H groups in total. The van der Waals surface area contributed by atoms with Crippen LogP contribution in [0.3, 0.4) is 0 Å². The molecule has 6 heteroatoms. The van der Waals surface area contributed by atoms with E-state index in [9.17, 15) is 0 Å². The number of aryl methyl sites for hydroxylation is 6. The lowest BCUT2D eigenvalue weighted by Gasteiger charge is -2.48. The molecule has 0 spiro atoms. The molecule has 11 aromatic carbocycles. The second-order valence-corrected chi connectivity index (χ2v) is 31.4. The number of hydrogen-bond acceptors (Lipinski definition) is 4. The Morgan fingerprint density at radius 1 is 0.266 bits per heavy atom. The third kappa shape index (κ3) is 8.66. The summed E-state index contributed by atoms with van der Waals surface area (Å²) in [6, 6.07) is 81.4. The summed E-state index contributed by atoms with van der Waals surface area (Å²) in [5, 5.41) is 0. The number of fused-ring (bicyclic) bond motifs is 10. The third-order valence-electron chi connectivity index (χ3n) is 23.2. The lowest BCUT2D eigenvalue weighted by Crippen LogP contribution is -2.65. The van der Waals surface area contributed by atoms with Crippen LogP contribution < -0.4 is 52.4 Å². The zero-order chi connectivity index (χ0) is 64.8. The van der Waals surface area contributed by atoms with E-state index < -0.39 is 0 Å². The predicted octanol–water partition coefficient (Wildman–Crippen LogP) is 19.7. The van der Waals surface area contributed by atoms with Crippen LogP contribution in [0, 0.1) is 41.5 Å². The molecule has 0 unspecified atom stereocenters. The van der Waals surface area contributed by atoms with Crippen molar-refractivity contribution in [1.82, 2.24) is 0 Å². The van der Waals surface area contributed by atoms with Crippen molar-refractivity contribution in [3.05, 3.63) is 262 Å². The first-order valence-electron chi connectivity index (χ1n) is 34.6. The average molecular weight is 1220 g/mol. The van der Waals surface area contributed by atoms with Crippen molar-refractivity contribution in [1.29, 1.82) is 0 Å². The number of rotatable bonds is 6. The van der Waals surface area contributed by atoms with Crippen LogP contribution in [0.1, 0.15) is 137 Å². The summed E-state index contributed by atoms with van der Waals surface area (Å²) < 4.78 is 0. The molecule has 4 heterocycles. The Morgan fingerprint density at radius 2 is 0.585 bits per heavy atom. The van der Waals surface area contributed by atoms with Crippen molar-refractivity contribution in [2.75, 3.05) is 19.6 Å². The summed E-state index contributed by atoms with van der Waals surface area (Å²) in [6.07, 6.45) is 4.64. The minimum atomic E-state index is -0.112. The van der Waals surface area contributed by atoms with Crippen LogP contribution in [-0.4, -0.2) is 13.4 Å². The smallest absolute Gasteiger partial charge is 0.252 e. The molecule has 0 saturated carbocycles. The molecule has 462 valence electrons. The standard InChI is InChI=1S/C88H84B2N4/c1-53-41-55(3)81(56(4)42-53)59-45-77-83-79(47-59)93(63-33-35-65-67(49-63)87(11,12)39-37-85(65,7)8)73-31-23-21-29-69(73)89(83)71-51-72-76(52-75(71)91(77)61-25-17-15-18-26-61)92(62-27-19-16-20-28-62)78-46-60(82-57(5)43-54(2)44-58(82)6)48-80-84(78)90(72)70-30-22-24-32-74(70)94(80)64-34-36-66-68(50-64)88(13,14)40-38-86(66,9)10/h15-36,41-52H,37-40H2,1-14H3. The van der Waals surface area contributed by atoms with E-state index in [2.05, 4.69) is 323 Å². The Morgan fingerprint density at radius 3 is 0.947 bits per heavy atom. The van der Waals surface area contributed by atoms with Gasteiger partial charge in [0, 0.05) is 68.2 Å². The summed E-state index contributed by atoms with van der Waals surface area (Å²) in [6.45, 7) is 33.1. The van der Waals surface area contributed by atoms with Crippen molar-refractivity contribution < 1.29 is 0 Å². The van der Waals surface area contributed by atoms with Gasteiger partial charge >= 0.3 is 0 Å². The molecule has 0 atom stereocenters. The fourth-order valence-corrected chi connectivity index (χ4v) is 18.6. The van der Waals surface area contributed by atoms with E-state index in [-0.39, 0.29) is 35.1 Å². The van der Waals surface area contributed by atoms with Gasteiger partial charge < -0.3 is 19.6 Å². The molecule has 0 bridgehead atoms.